The number of hydrogen-bond acceptors (Lipinski definition) is 6. The van der Waals surface area contributed by atoms with E-state index in [1.54, 1.807) is 9.80 Å². The van der Waals surface area contributed by atoms with Gasteiger partial charge in [0.25, 0.3) is 5.91 Å². The van der Waals surface area contributed by atoms with E-state index in [1.165, 1.54) is 12.1 Å². The quantitative estimate of drug-likeness (QED) is 0.697. The van der Waals surface area contributed by atoms with Gasteiger partial charge in [-0.3, -0.25) is 9.59 Å². The molecule has 5 rings (SSSR count). The number of fused-ring (bicyclic) bond motifs is 2. The van der Waals surface area contributed by atoms with Crippen LogP contribution in [0.5, 0.6) is 0 Å². The molecular formula is C22H26F3N7O2. The normalized spacial score (nSPS) is 27.8. The molecule has 3 saturated heterocycles. The number of hydrogen-bond donors (Lipinski definition) is 2. The highest BCUT2D eigenvalue weighted by Crippen LogP contribution is 2.41. The van der Waals surface area contributed by atoms with Gasteiger partial charge in [-0.1, -0.05) is 5.21 Å². The van der Waals surface area contributed by atoms with Gasteiger partial charge < -0.3 is 15.5 Å². The number of alkyl halides is 3. The second-order valence-corrected chi connectivity index (χ2v) is 9.39. The number of nitrogens with zero attached hydrogens (tertiary/aromatic N) is 5. The van der Waals surface area contributed by atoms with Crippen LogP contribution in [-0.2, 0) is 11.0 Å². The van der Waals surface area contributed by atoms with Gasteiger partial charge in [0.1, 0.15) is 0 Å². The Balaban J connectivity index is 1.26. The van der Waals surface area contributed by atoms with Crippen molar-refractivity contribution in [3.05, 3.63) is 41.2 Å². The van der Waals surface area contributed by atoms with Gasteiger partial charge in [-0.15, -0.1) is 10.2 Å². The number of aromatic nitrogens is 4. The zero-order valence-electron chi connectivity index (χ0n) is 18.4. The Kier molecular flexibility index (Phi) is 5.78. The molecule has 0 spiro atoms. The van der Waals surface area contributed by atoms with Crippen molar-refractivity contribution < 1.29 is 22.8 Å². The van der Waals surface area contributed by atoms with E-state index in [9.17, 15) is 22.8 Å². The molecule has 2 amide bonds. The number of likely N-dealkylation sites (tertiary alicyclic amines) is 1. The molecule has 3 aliphatic rings. The summed E-state index contributed by atoms with van der Waals surface area (Å²) in [5, 5.41) is 14.1. The first-order chi connectivity index (χ1) is 16.2. The van der Waals surface area contributed by atoms with Crippen molar-refractivity contribution in [1.29, 1.82) is 0 Å². The first-order valence-electron chi connectivity index (χ1n) is 11.5. The molecule has 4 atom stereocenters. The van der Waals surface area contributed by atoms with Crippen LogP contribution in [-0.4, -0.2) is 66.9 Å². The molecule has 2 aromatic rings. The van der Waals surface area contributed by atoms with Gasteiger partial charge in [-0.05, 0) is 68.7 Å². The molecule has 2 bridgehead atoms. The summed E-state index contributed by atoms with van der Waals surface area (Å²) in [6.07, 6.45) is -0.0771. The Hall–Kier alpha value is -3.02. The van der Waals surface area contributed by atoms with Gasteiger partial charge in [0.2, 0.25) is 5.91 Å². The van der Waals surface area contributed by atoms with Crippen molar-refractivity contribution in [2.45, 2.75) is 68.9 Å². The summed E-state index contributed by atoms with van der Waals surface area (Å²) >= 11 is 0. The summed E-state index contributed by atoms with van der Waals surface area (Å²) < 4.78 is 38.6. The molecule has 182 valence electrons. The summed E-state index contributed by atoms with van der Waals surface area (Å²) in [7, 11) is 0. The molecule has 0 radical (unpaired) electrons. The van der Waals surface area contributed by atoms with Gasteiger partial charge in [0.05, 0.1) is 17.6 Å². The minimum atomic E-state index is -4.44. The monoisotopic (exact) mass is 477 g/mol. The van der Waals surface area contributed by atoms with Crippen LogP contribution >= 0.6 is 0 Å². The van der Waals surface area contributed by atoms with Crippen molar-refractivity contribution in [3.8, 4) is 0 Å². The number of carbonyl (C=O) groups excluding carboxylic acids is 2. The number of H-pyrrole nitrogens is 1. The van der Waals surface area contributed by atoms with Crippen molar-refractivity contribution >= 4 is 11.8 Å². The predicted molar refractivity (Wildman–Crippen MR) is 113 cm³/mol. The Labute approximate surface area is 193 Å². The van der Waals surface area contributed by atoms with Crippen LogP contribution in [0.15, 0.2) is 24.3 Å². The maximum absolute atomic E-state index is 13.3. The van der Waals surface area contributed by atoms with Crippen LogP contribution in [0.1, 0.15) is 66.3 Å². The van der Waals surface area contributed by atoms with E-state index in [2.05, 4.69) is 20.6 Å². The molecule has 2 unspecified atom stereocenters. The lowest BCUT2D eigenvalue weighted by Crippen LogP contribution is -2.54. The second-order valence-electron chi connectivity index (χ2n) is 9.39. The van der Waals surface area contributed by atoms with E-state index < -0.39 is 17.8 Å². The number of benzene rings is 1. The lowest BCUT2D eigenvalue weighted by Gasteiger charge is -2.41. The zero-order chi connectivity index (χ0) is 24.0. The number of piperidine rings is 1. The van der Waals surface area contributed by atoms with E-state index in [-0.39, 0.29) is 41.4 Å². The van der Waals surface area contributed by atoms with Gasteiger partial charge in [-0.25, -0.2) is 0 Å². The van der Waals surface area contributed by atoms with Gasteiger partial charge >= 0.3 is 6.18 Å². The van der Waals surface area contributed by atoms with Gasteiger partial charge in [-0.2, -0.15) is 18.4 Å². The van der Waals surface area contributed by atoms with E-state index in [0.29, 0.717) is 25.2 Å². The predicted octanol–water partition coefficient (Wildman–Crippen LogP) is 2.29. The first kappa shape index (κ1) is 22.8. The highest BCUT2D eigenvalue weighted by molar-refractivity contribution is 5.95. The summed E-state index contributed by atoms with van der Waals surface area (Å²) in [6, 6.07) is 3.25. The lowest BCUT2D eigenvalue weighted by atomic mass is 9.84. The van der Waals surface area contributed by atoms with Crippen molar-refractivity contribution in [3.63, 3.8) is 0 Å². The maximum atomic E-state index is 13.3. The largest absolute Gasteiger partial charge is 0.416 e. The zero-order valence-corrected chi connectivity index (χ0v) is 18.4. The second kappa shape index (κ2) is 8.64. The summed E-state index contributed by atoms with van der Waals surface area (Å²) in [5.74, 6) is -0.00116. The average Bonchev–Trinajstić information content (AvgIpc) is 3.56. The first-order valence-corrected chi connectivity index (χ1v) is 11.5. The third-order valence-electron chi connectivity index (χ3n) is 7.45. The molecule has 34 heavy (non-hydrogen) atoms. The van der Waals surface area contributed by atoms with Crippen molar-refractivity contribution in [2.75, 3.05) is 6.54 Å². The molecule has 1 aromatic carbocycles. The number of halogens is 3. The summed E-state index contributed by atoms with van der Waals surface area (Å²) in [6.45, 7) is 0.587. The standard InChI is InChI=1S/C22H26F3N7O2/c23-22(24,25)14-5-3-12(4-6-14)20(33)32-15-7-8-16(32)11-13(10-15)18(26)21(34)31-9-1-2-17(31)19-27-29-30-28-19/h3-6,13,15-18H,1-2,7-11,26H2,(H,27,28,29,30)/t13?,15?,16?,17-,18-/m0/s1. The number of nitrogens with two attached hydrogens (primary N) is 1. The summed E-state index contributed by atoms with van der Waals surface area (Å²) in [5.41, 5.74) is 5.92. The van der Waals surface area contributed by atoms with Crippen LogP contribution in [0, 0.1) is 5.92 Å². The molecule has 3 fully saturated rings. The molecule has 12 heteroatoms. The Bertz CT molecular complexity index is 1030. The van der Waals surface area contributed by atoms with E-state index >= 15 is 0 Å². The van der Waals surface area contributed by atoms with Crippen LogP contribution < -0.4 is 5.73 Å². The molecule has 3 N–H and O–H groups in total. The number of carbonyl (C=O) groups is 2. The molecule has 0 aliphatic carbocycles. The van der Waals surface area contributed by atoms with Crippen LogP contribution in [0.4, 0.5) is 13.2 Å². The lowest BCUT2D eigenvalue weighted by molar-refractivity contribution is -0.137. The minimum absolute atomic E-state index is 0.0758. The molecule has 9 nitrogen and oxygen atoms in total. The van der Waals surface area contributed by atoms with Gasteiger partial charge in [0.15, 0.2) is 5.82 Å². The van der Waals surface area contributed by atoms with Gasteiger partial charge in [0, 0.05) is 24.2 Å². The van der Waals surface area contributed by atoms with Crippen LogP contribution in [0.2, 0.25) is 0 Å². The third-order valence-corrected chi connectivity index (χ3v) is 7.45. The average molecular weight is 477 g/mol. The fourth-order valence-electron chi connectivity index (χ4n) is 5.80. The Morgan fingerprint density at radius 3 is 2.35 bits per heavy atom. The third kappa shape index (κ3) is 4.04. The number of rotatable bonds is 4. The SMILES string of the molecule is N[C@H](C(=O)N1CCC[C@H]1c1nn[nH]n1)C1CC2CCC(C1)N2C(=O)c1ccc(C(F)(F)F)cc1. The molecular weight excluding hydrogens is 451 g/mol. The molecule has 4 heterocycles. The van der Waals surface area contributed by atoms with Crippen molar-refractivity contribution in [2.24, 2.45) is 11.7 Å². The topological polar surface area (TPSA) is 121 Å². The fraction of sp³-hybridized carbons (Fsp3) is 0.591. The molecule has 0 saturated carbocycles. The number of nitrogens with one attached hydrogen (secondary N) is 1. The fourth-order valence-corrected chi connectivity index (χ4v) is 5.80. The molecule has 3 aliphatic heterocycles. The Morgan fingerprint density at radius 2 is 1.76 bits per heavy atom. The van der Waals surface area contributed by atoms with E-state index in [0.717, 1.165) is 37.8 Å². The van der Waals surface area contributed by atoms with Crippen LogP contribution in [0.3, 0.4) is 0 Å². The van der Waals surface area contributed by atoms with Crippen molar-refractivity contribution in [1.82, 2.24) is 30.4 Å². The highest BCUT2D eigenvalue weighted by Gasteiger charge is 2.47. The Morgan fingerprint density at radius 1 is 1.09 bits per heavy atom. The van der Waals surface area contributed by atoms with E-state index in [1.807, 2.05) is 0 Å². The molecule has 1 aromatic heterocycles. The highest BCUT2D eigenvalue weighted by atomic mass is 19.4. The number of amides is 2. The van der Waals surface area contributed by atoms with Crippen LogP contribution in [0.25, 0.3) is 0 Å². The minimum Gasteiger partial charge on any atom is -0.333 e. The smallest absolute Gasteiger partial charge is 0.333 e. The maximum Gasteiger partial charge on any atom is 0.416 e. The van der Waals surface area contributed by atoms with E-state index in [4.69, 9.17) is 5.73 Å². The number of aromatic amines is 1. The summed E-state index contributed by atoms with van der Waals surface area (Å²) in [4.78, 5) is 29.9. The number of tetrazole rings is 1.